The second-order valence-corrected chi connectivity index (χ2v) is 7.39. The minimum Gasteiger partial charge on any atom is -0.508 e. The minimum absolute atomic E-state index is 0.00391. The van der Waals surface area contributed by atoms with Crippen molar-refractivity contribution < 1.29 is 19.8 Å². The predicted octanol–water partition coefficient (Wildman–Crippen LogP) is 3.97. The monoisotopic (exact) mass is 414 g/mol. The first-order chi connectivity index (χ1) is 15.0. The third-order valence-electron chi connectivity index (χ3n) is 5.42. The van der Waals surface area contributed by atoms with E-state index in [1.54, 1.807) is 48.7 Å². The number of pyridine rings is 1. The van der Waals surface area contributed by atoms with E-state index in [4.69, 9.17) is 0 Å². The summed E-state index contributed by atoms with van der Waals surface area (Å²) in [5, 5.41) is 21.1. The van der Waals surface area contributed by atoms with Crippen molar-refractivity contribution in [2.45, 2.75) is 25.9 Å². The second-order valence-electron chi connectivity index (χ2n) is 7.39. The molecule has 3 aromatic rings. The Morgan fingerprint density at radius 3 is 2.45 bits per heavy atom. The molecular weight excluding hydrogens is 392 g/mol. The molecule has 4 rings (SSSR count). The van der Waals surface area contributed by atoms with Gasteiger partial charge in [0.1, 0.15) is 11.5 Å². The molecule has 1 saturated heterocycles. The van der Waals surface area contributed by atoms with Gasteiger partial charge in [-0.1, -0.05) is 49.4 Å². The third-order valence-corrected chi connectivity index (χ3v) is 5.42. The van der Waals surface area contributed by atoms with Crippen molar-refractivity contribution in [3.05, 3.63) is 101 Å². The number of rotatable bonds is 5. The van der Waals surface area contributed by atoms with Gasteiger partial charge in [-0.25, -0.2) is 0 Å². The van der Waals surface area contributed by atoms with Crippen LogP contribution in [0.5, 0.6) is 5.75 Å². The zero-order chi connectivity index (χ0) is 22.0. The van der Waals surface area contributed by atoms with E-state index < -0.39 is 17.7 Å². The second kappa shape index (κ2) is 8.44. The molecule has 1 aliphatic heterocycles. The number of benzene rings is 2. The molecule has 2 aromatic carbocycles. The number of hydrogen-bond donors (Lipinski definition) is 2. The topological polar surface area (TPSA) is 90.7 Å². The molecule has 1 aliphatic rings. The molecule has 1 unspecified atom stereocenters. The first-order valence-corrected chi connectivity index (χ1v) is 10.1. The van der Waals surface area contributed by atoms with Gasteiger partial charge in [0.25, 0.3) is 11.7 Å². The highest BCUT2D eigenvalue weighted by Gasteiger charge is 2.46. The van der Waals surface area contributed by atoms with Crippen LogP contribution < -0.4 is 0 Å². The summed E-state index contributed by atoms with van der Waals surface area (Å²) >= 11 is 0. The maximum Gasteiger partial charge on any atom is 0.296 e. The van der Waals surface area contributed by atoms with Crippen LogP contribution in [0, 0.1) is 0 Å². The minimum atomic E-state index is -0.847. The molecule has 1 amide bonds. The number of hydrogen-bond acceptors (Lipinski definition) is 5. The van der Waals surface area contributed by atoms with Crippen molar-refractivity contribution in [2.75, 3.05) is 0 Å². The highest BCUT2D eigenvalue weighted by Crippen LogP contribution is 2.40. The Balaban J connectivity index is 1.85. The molecule has 156 valence electrons. The van der Waals surface area contributed by atoms with Crippen molar-refractivity contribution in [2.24, 2.45) is 0 Å². The predicted molar refractivity (Wildman–Crippen MR) is 116 cm³/mol. The van der Waals surface area contributed by atoms with Gasteiger partial charge in [0, 0.05) is 11.8 Å². The number of aryl methyl sites for hydroxylation is 1. The first kappa shape index (κ1) is 20.3. The van der Waals surface area contributed by atoms with E-state index in [1.165, 1.54) is 17.0 Å². The number of nitrogens with zero attached hydrogens (tertiary/aromatic N) is 2. The Hall–Kier alpha value is -3.93. The van der Waals surface area contributed by atoms with E-state index in [2.05, 4.69) is 4.98 Å². The van der Waals surface area contributed by atoms with E-state index >= 15 is 0 Å². The molecule has 2 N–H and O–H groups in total. The number of carbonyl (C=O) groups excluding carboxylic acids is 2. The van der Waals surface area contributed by atoms with Crippen LogP contribution in [-0.2, 0) is 22.6 Å². The van der Waals surface area contributed by atoms with Crippen molar-refractivity contribution in [3.8, 4) is 5.75 Å². The van der Waals surface area contributed by atoms with Crippen LogP contribution in [0.1, 0.15) is 35.3 Å². The van der Waals surface area contributed by atoms with Crippen LogP contribution in [-0.4, -0.2) is 31.8 Å². The lowest BCUT2D eigenvalue weighted by atomic mass is 9.94. The molecule has 1 atom stereocenters. The number of aromatic hydroxyl groups is 1. The number of aliphatic hydroxyl groups excluding tert-OH is 1. The molecule has 2 heterocycles. The van der Waals surface area contributed by atoms with Crippen molar-refractivity contribution in [1.82, 2.24) is 9.88 Å². The summed E-state index contributed by atoms with van der Waals surface area (Å²) in [5.74, 6) is -1.71. The van der Waals surface area contributed by atoms with E-state index in [0.717, 1.165) is 12.0 Å². The Morgan fingerprint density at radius 2 is 1.81 bits per heavy atom. The van der Waals surface area contributed by atoms with Crippen LogP contribution in [0.15, 0.2) is 78.5 Å². The molecule has 0 bridgehead atoms. The zero-order valence-corrected chi connectivity index (χ0v) is 17.0. The lowest BCUT2D eigenvalue weighted by molar-refractivity contribution is -0.140. The standard InChI is InChI=1S/C25H22N2O4/c1-2-16-9-11-17(12-10-16)23(29)21-22(18-6-5-8-20(28)14-18)27(25(31)24(21)30)15-19-7-3-4-13-26-19/h3-14,22,28-29H,2,15H2,1H3/b23-21-. The third kappa shape index (κ3) is 3.92. The number of ketones is 1. The summed E-state index contributed by atoms with van der Waals surface area (Å²) in [6.45, 7) is 2.12. The quantitative estimate of drug-likeness (QED) is 0.375. The van der Waals surface area contributed by atoms with Crippen molar-refractivity contribution in [3.63, 3.8) is 0 Å². The van der Waals surface area contributed by atoms with Gasteiger partial charge in [0.2, 0.25) is 0 Å². The lowest BCUT2D eigenvalue weighted by Gasteiger charge is -2.25. The number of amides is 1. The van der Waals surface area contributed by atoms with Crippen LogP contribution in [0.25, 0.3) is 5.76 Å². The summed E-state index contributed by atoms with van der Waals surface area (Å²) < 4.78 is 0. The fourth-order valence-electron chi connectivity index (χ4n) is 3.80. The van der Waals surface area contributed by atoms with Crippen LogP contribution in [0.2, 0.25) is 0 Å². The van der Waals surface area contributed by atoms with Gasteiger partial charge in [0.05, 0.1) is 23.9 Å². The Morgan fingerprint density at radius 1 is 1.03 bits per heavy atom. The summed E-state index contributed by atoms with van der Waals surface area (Å²) in [6, 6.07) is 18.1. The average molecular weight is 414 g/mol. The fourth-order valence-corrected chi connectivity index (χ4v) is 3.80. The van der Waals surface area contributed by atoms with Crippen molar-refractivity contribution >= 4 is 17.4 Å². The molecule has 31 heavy (non-hydrogen) atoms. The van der Waals surface area contributed by atoms with E-state index in [9.17, 15) is 19.8 Å². The number of aliphatic hydroxyl groups is 1. The molecule has 0 radical (unpaired) electrons. The molecule has 6 heteroatoms. The highest BCUT2D eigenvalue weighted by atomic mass is 16.3. The molecule has 1 aromatic heterocycles. The normalized spacial score (nSPS) is 17.8. The number of phenols is 1. The van der Waals surface area contributed by atoms with Crippen molar-refractivity contribution in [1.29, 1.82) is 0 Å². The lowest BCUT2D eigenvalue weighted by Crippen LogP contribution is -2.29. The summed E-state index contributed by atoms with van der Waals surface area (Å²) in [6.07, 6.45) is 2.46. The zero-order valence-electron chi connectivity index (χ0n) is 17.0. The summed E-state index contributed by atoms with van der Waals surface area (Å²) in [4.78, 5) is 31.6. The summed E-state index contributed by atoms with van der Waals surface area (Å²) in [7, 11) is 0. The van der Waals surface area contributed by atoms with Gasteiger partial charge in [0.15, 0.2) is 0 Å². The Labute approximate surface area is 180 Å². The van der Waals surface area contributed by atoms with Crippen LogP contribution >= 0.6 is 0 Å². The molecule has 1 fully saturated rings. The molecular formula is C25H22N2O4. The SMILES string of the molecule is CCc1ccc(/C(O)=C2/C(=O)C(=O)N(Cc3ccccn3)C2c2cccc(O)c2)cc1. The maximum atomic E-state index is 13.0. The van der Waals surface area contributed by atoms with E-state index in [1.807, 2.05) is 19.1 Å². The molecule has 0 spiro atoms. The smallest absolute Gasteiger partial charge is 0.296 e. The van der Waals surface area contributed by atoms with Crippen LogP contribution in [0.3, 0.4) is 0 Å². The summed E-state index contributed by atoms with van der Waals surface area (Å²) in [5.41, 5.74) is 2.69. The number of aromatic nitrogens is 1. The Kier molecular flexibility index (Phi) is 5.54. The fraction of sp³-hybridized carbons (Fsp3) is 0.160. The molecule has 6 nitrogen and oxygen atoms in total. The van der Waals surface area contributed by atoms with Gasteiger partial charge >= 0.3 is 0 Å². The number of carbonyl (C=O) groups is 2. The van der Waals surface area contributed by atoms with Gasteiger partial charge < -0.3 is 15.1 Å². The number of Topliss-reactive ketones (excluding diaryl/α,β-unsaturated/α-hetero) is 1. The van der Waals surface area contributed by atoms with Gasteiger partial charge in [-0.15, -0.1) is 0 Å². The van der Waals surface area contributed by atoms with Crippen LogP contribution in [0.4, 0.5) is 0 Å². The Bertz CT molecular complexity index is 1150. The van der Waals surface area contributed by atoms with Gasteiger partial charge in [-0.05, 0) is 41.8 Å². The largest absolute Gasteiger partial charge is 0.508 e. The first-order valence-electron chi connectivity index (χ1n) is 10.1. The van der Waals surface area contributed by atoms with Gasteiger partial charge in [-0.3, -0.25) is 14.6 Å². The molecule has 0 saturated carbocycles. The van der Waals surface area contributed by atoms with E-state index in [0.29, 0.717) is 16.8 Å². The number of likely N-dealkylation sites (tertiary alicyclic amines) is 1. The molecule has 0 aliphatic carbocycles. The number of phenolic OH excluding ortho intramolecular Hbond substituents is 1. The van der Waals surface area contributed by atoms with E-state index in [-0.39, 0.29) is 23.6 Å². The average Bonchev–Trinajstić information content (AvgIpc) is 3.04. The van der Waals surface area contributed by atoms with Gasteiger partial charge in [-0.2, -0.15) is 0 Å². The maximum absolute atomic E-state index is 13.0. The highest BCUT2D eigenvalue weighted by molar-refractivity contribution is 6.46.